The number of hydrogen-bond acceptors (Lipinski definition) is 3. The third kappa shape index (κ3) is 1.96. The van der Waals surface area contributed by atoms with Crippen LogP contribution in [0, 0.1) is 0 Å². The quantitative estimate of drug-likeness (QED) is 0.844. The number of benzene rings is 1. The first kappa shape index (κ1) is 10.8. The third-order valence-corrected chi connectivity index (χ3v) is 2.94. The highest BCUT2D eigenvalue weighted by atomic mass is 16.5. The molecule has 1 N–H and O–H groups in total. The molecule has 16 heavy (non-hydrogen) atoms. The first-order valence-electron chi connectivity index (χ1n) is 5.36. The molecule has 1 fully saturated rings. The summed E-state index contributed by atoms with van der Waals surface area (Å²) >= 11 is 0. The third-order valence-electron chi connectivity index (χ3n) is 2.94. The minimum absolute atomic E-state index is 0.381. The van der Waals surface area contributed by atoms with Gasteiger partial charge in [0, 0.05) is 12.2 Å². The number of carboxylic acids is 1. The lowest BCUT2D eigenvalue weighted by Gasteiger charge is -2.23. The van der Waals surface area contributed by atoms with Gasteiger partial charge in [-0.05, 0) is 37.1 Å². The first-order chi connectivity index (χ1) is 7.72. The number of hydrogen-bond donors (Lipinski definition) is 1. The molecule has 0 amide bonds. The Kier molecular flexibility index (Phi) is 2.99. The van der Waals surface area contributed by atoms with Crippen molar-refractivity contribution in [1.82, 2.24) is 0 Å². The van der Waals surface area contributed by atoms with E-state index in [2.05, 4.69) is 0 Å². The molecule has 4 nitrogen and oxygen atoms in total. The van der Waals surface area contributed by atoms with E-state index in [9.17, 15) is 4.79 Å². The van der Waals surface area contributed by atoms with E-state index in [1.54, 1.807) is 7.11 Å². The van der Waals surface area contributed by atoms with Gasteiger partial charge in [0.25, 0.3) is 0 Å². The van der Waals surface area contributed by atoms with Crippen molar-refractivity contribution < 1.29 is 14.6 Å². The fourth-order valence-electron chi connectivity index (χ4n) is 2.11. The Labute approximate surface area is 94.4 Å². The molecule has 0 radical (unpaired) electrons. The molecule has 1 aromatic rings. The van der Waals surface area contributed by atoms with E-state index in [0.717, 1.165) is 30.8 Å². The predicted molar refractivity (Wildman–Crippen MR) is 61.0 cm³/mol. The second kappa shape index (κ2) is 4.43. The number of carboxylic acid groups (broad SMARTS) is 1. The lowest BCUT2D eigenvalue weighted by molar-refractivity contribution is -0.138. The lowest BCUT2D eigenvalue weighted by atomic mass is 10.2. The van der Waals surface area contributed by atoms with Crippen LogP contribution in [0.2, 0.25) is 0 Å². The number of carbonyl (C=O) groups is 1. The van der Waals surface area contributed by atoms with Crippen LogP contribution < -0.4 is 9.64 Å². The second-order valence-corrected chi connectivity index (χ2v) is 3.89. The normalized spacial score (nSPS) is 19.8. The Morgan fingerprint density at radius 2 is 2.12 bits per heavy atom. The molecule has 0 bridgehead atoms. The summed E-state index contributed by atoms with van der Waals surface area (Å²) in [5.41, 5.74) is 0.950. The summed E-state index contributed by atoms with van der Waals surface area (Å²) in [4.78, 5) is 13.0. The highest BCUT2D eigenvalue weighted by Crippen LogP contribution is 2.27. The number of methoxy groups -OCH3 is 1. The monoisotopic (exact) mass is 221 g/mol. The minimum atomic E-state index is -0.742. The average molecular weight is 221 g/mol. The van der Waals surface area contributed by atoms with Crippen LogP contribution in [0.25, 0.3) is 0 Å². The number of nitrogens with zero attached hydrogens (tertiary/aromatic N) is 1. The maximum absolute atomic E-state index is 11.0. The maximum Gasteiger partial charge on any atom is 0.326 e. The van der Waals surface area contributed by atoms with E-state index in [1.807, 2.05) is 29.2 Å². The molecular formula is C12H15NO3. The Morgan fingerprint density at radius 1 is 1.44 bits per heavy atom. The second-order valence-electron chi connectivity index (χ2n) is 3.89. The SMILES string of the molecule is COc1ccc(N2CCCC2C(=O)O)cc1. The van der Waals surface area contributed by atoms with Crippen LogP contribution in [0.3, 0.4) is 0 Å². The van der Waals surface area contributed by atoms with Crippen molar-refractivity contribution in [3.8, 4) is 5.75 Å². The van der Waals surface area contributed by atoms with E-state index in [4.69, 9.17) is 9.84 Å². The average Bonchev–Trinajstić information content (AvgIpc) is 2.78. The highest BCUT2D eigenvalue weighted by Gasteiger charge is 2.30. The standard InChI is InChI=1S/C12H15NO3/c1-16-10-6-4-9(5-7-10)13-8-2-3-11(13)12(14)15/h4-7,11H,2-3,8H2,1H3,(H,14,15). The van der Waals surface area contributed by atoms with Gasteiger partial charge in [-0.1, -0.05) is 0 Å². The van der Waals surface area contributed by atoms with Crippen LogP contribution in [-0.2, 0) is 4.79 Å². The zero-order valence-corrected chi connectivity index (χ0v) is 9.22. The van der Waals surface area contributed by atoms with Crippen LogP contribution in [0.4, 0.5) is 5.69 Å². The molecule has 0 saturated carbocycles. The van der Waals surface area contributed by atoms with E-state index in [1.165, 1.54) is 0 Å². The molecule has 1 saturated heterocycles. The molecule has 4 heteroatoms. The van der Waals surface area contributed by atoms with Crippen molar-refractivity contribution in [2.24, 2.45) is 0 Å². The van der Waals surface area contributed by atoms with Crippen LogP contribution in [0.15, 0.2) is 24.3 Å². The van der Waals surface area contributed by atoms with E-state index in [0.29, 0.717) is 0 Å². The summed E-state index contributed by atoms with van der Waals surface area (Å²) in [6, 6.07) is 7.13. The van der Waals surface area contributed by atoms with Crippen molar-refractivity contribution in [2.45, 2.75) is 18.9 Å². The van der Waals surface area contributed by atoms with Gasteiger partial charge in [0.1, 0.15) is 11.8 Å². The van der Waals surface area contributed by atoms with Gasteiger partial charge in [-0.3, -0.25) is 0 Å². The topological polar surface area (TPSA) is 49.8 Å². The van der Waals surface area contributed by atoms with Gasteiger partial charge in [-0.15, -0.1) is 0 Å². The largest absolute Gasteiger partial charge is 0.497 e. The van der Waals surface area contributed by atoms with Crippen LogP contribution in [0.1, 0.15) is 12.8 Å². The Bertz CT molecular complexity index is 374. The van der Waals surface area contributed by atoms with Gasteiger partial charge in [0.15, 0.2) is 0 Å². The molecule has 1 aliphatic heterocycles. The zero-order chi connectivity index (χ0) is 11.5. The van der Waals surface area contributed by atoms with Gasteiger partial charge in [-0.25, -0.2) is 4.79 Å². The van der Waals surface area contributed by atoms with Crippen molar-refractivity contribution >= 4 is 11.7 Å². The lowest BCUT2D eigenvalue weighted by Crippen LogP contribution is -2.35. The van der Waals surface area contributed by atoms with Gasteiger partial charge in [0.2, 0.25) is 0 Å². The van der Waals surface area contributed by atoms with Gasteiger partial charge in [0.05, 0.1) is 7.11 Å². The van der Waals surface area contributed by atoms with Crippen LogP contribution in [0.5, 0.6) is 5.75 Å². The molecule has 1 unspecified atom stereocenters. The first-order valence-corrected chi connectivity index (χ1v) is 5.36. The van der Waals surface area contributed by atoms with Crippen molar-refractivity contribution in [3.63, 3.8) is 0 Å². The maximum atomic E-state index is 11.0. The molecule has 1 heterocycles. The summed E-state index contributed by atoms with van der Waals surface area (Å²) in [6.07, 6.45) is 1.66. The van der Waals surface area contributed by atoms with Crippen molar-refractivity contribution in [3.05, 3.63) is 24.3 Å². The van der Waals surface area contributed by atoms with Crippen LogP contribution >= 0.6 is 0 Å². The molecule has 0 spiro atoms. The number of rotatable bonds is 3. The Morgan fingerprint density at radius 3 is 2.69 bits per heavy atom. The molecule has 0 aromatic heterocycles. The Hall–Kier alpha value is -1.71. The molecule has 2 rings (SSSR count). The minimum Gasteiger partial charge on any atom is -0.497 e. The summed E-state index contributed by atoms with van der Waals surface area (Å²) in [6.45, 7) is 0.809. The smallest absolute Gasteiger partial charge is 0.326 e. The Balaban J connectivity index is 2.19. The molecule has 1 aliphatic rings. The fourth-order valence-corrected chi connectivity index (χ4v) is 2.11. The summed E-state index contributed by atoms with van der Waals surface area (Å²) in [5.74, 6) is 0.0446. The number of anilines is 1. The van der Waals surface area contributed by atoms with Gasteiger partial charge >= 0.3 is 5.97 Å². The molecule has 0 aliphatic carbocycles. The van der Waals surface area contributed by atoms with Gasteiger partial charge in [-0.2, -0.15) is 0 Å². The molecule has 86 valence electrons. The fraction of sp³-hybridized carbons (Fsp3) is 0.417. The number of aliphatic carboxylic acids is 1. The zero-order valence-electron chi connectivity index (χ0n) is 9.22. The highest BCUT2D eigenvalue weighted by molar-refractivity contribution is 5.79. The van der Waals surface area contributed by atoms with Crippen molar-refractivity contribution in [2.75, 3.05) is 18.6 Å². The van der Waals surface area contributed by atoms with E-state index in [-0.39, 0.29) is 6.04 Å². The van der Waals surface area contributed by atoms with E-state index < -0.39 is 5.97 Å². The van der Waals surface area contributed by atoms with Gasteiger partial charge < -0.3 is 14.7 Å². The molecule has 1 atom stereocenters. The predicted octanol–water partition coefficient (Wildman–Crippen LogP) is 1.75. The summed E-state index contributed by atoms with van der Waals surface area (Å²) in [5, 5.41) is 9.08. The van der Waals surface area contributed by atoms with E-state index >= 15 is 0 Å². The van der Waals surface area contributed by atoms with Crippen LogP contribution in [-0.4, -0.2) is 30.8 Å². The summed E-state index contributed by atoms with van der Waals surface area (Å²) in [7, 11) is 1.62. The van der Waals surface area contributed by atoms with Crippen molar-refractivity contribution in [1.29, 1.82) is 0 Å². The number of ether oxygens (including phenoxy) is 1. The summed E-state index contributed by atoms with van der Waals surface area (Å²) < 4.78 is 5.07. The molecule has 1 aromatic carbocycles. The molecular weight excluding hydrogens is 206 g/mol.